The zero-order valence-electron chi connectivity index (χ0n) is 24.4. The van der Waals surface area contributed by atoms with Crippen LogP contribution in [0.1, 0.15) is 56.6 Å². The molecule has 3 heterocycles. The molecule has 42 heavy (non-hydrogen) atoms. The highest BCUT2D eigenvalue weighted by molar-refractivity contribution is 5.77. The number of amides is 2. The second kappa shape index (κ2) is 12.1. The van der Waals surface area contributed by atoms with Gasteiger partial charge in [0.25, 0.3) is 5.56 Å². The summed E-state index contributed by atoms with van der Waals surface area (Å²) in [6.07, 6.45) is 8.16. The molecule has 0 N–H and O–H groups in total. The van der Waals surface area contributed by atoms with Gasteiger partial charge in [0, 0.05) is 37.8 Å². The van der Waals surface area contributed by atoms with Crippen LogP contribution in [0, 0.1) is 17.3 Å². The molecule has 8 heteroatoms. The minimum Gasteiger partial charge on any atom is -0.469 e. The van der Waals surface area contributed by atoms with Gasteiger partial charge in [-0.2, -0.15) is 0 Å². The maximum Gasteiger partial charge on any atom is 0.320 e. The van der Waals surface area contributed by atoms with E-state index < -0.39 is 0 Å². The molecular formula is C34H40N4O4. The normalized spacial score (nSPS) is 23.6. The van der Waals surface area contributed by atoms with E-state index in [2.05, 4.69) is 9.88 Å². The number of ether oxygens (including phenoxy) is 1. The molecule has 3 aliphatic rings. The summed E-state index contributed by atoms with van der Waals surface area (Å²) in [5, 5.41) is 0. The molecule has 0 radical (unpaired) electrons. The summed E-state index contributed by atoms with van der Waals surface area (Å²) in [5.41, 5.74) is 2.64. The molecule has 3 aromatic rings. The van der Waals surface area contributed by atoms with Crippen molar-refractivity contribution < 1.29 is 14.3 Å². The number of urea groups is 1. The van der Waals surface area contributed by atoms with Gasteiger partial charge in [0.1, 0.15) is 0 Å². The molecule has 1 aliphatic carbocycles. The fourth-order valence-electron chi connectivity index (χ4n) is 7.61. The highest BCUT2D eigenvalue weighted by atomic mass is 16.5. The van der Waals surface area contributed by atoms with Gasteiger partial charge in [0.15, 0.2) is 0 Å². The molecule has 1 aromatic heterocycles. The van der Waals surface area contributed by atoms with Gasteiger partial charge in [-0.15, -0.1) is 0 Å². The summed E-state index contributed by atoms with van der Waals surface area (Å²) in [6.45, 7) is 2.52. The Kier molecular flexibility index (Phi) is 8.13. The van der Waals surface area contributed by atoms with Crippen molar-refractivity contribution in [2.24, 2.45) is 17.3 Å². The maximum atomic E-state index is 14.2. The van der Waals surface area contributed by atoms with E-state index >= 15 is 0 Å². The van der Waals surface area contributed by atoms with E-state index in [1.807, 2.05) is 65.6 Å². The van der Waals surface area contributed by atoms with Crippen LogP contribution in [-0.4, -0.2) is 58.1 Å². The van der Waals surface area contributed by atoms with E-state index in [4.69, 9.17) is 4.74 Å². The quantitative estimate of drug-likeness (QED) is 0.378. The van der Waals surface area contributed by atoms with Crippen LogP contribution in [0.2, 0.25) is 0 Å². The van der Waals surface area contributed by atoms with Crippen LogP contribution in [0.15, 0.2) is 77.9 Å². The molecule has 1 spiro atoms. The number of benzene rings is 2. The molecule has 3 fully saturated rings. The van der Waals surface area contributed by atoms with Crippen molar-refractivity contribution in [1.29, 1.82) is 0 Å². The highest BCUT2D eigenvalue weighted by Gasteiger charge is 2.48. The van der Waals surface area contributed by atoms with Gasteiger partial charge in [-0.25, -0.2) is 9.78 Å². The topological polar surface area (TPSA) is 84.7 Å². The molecule has 0 bridgehead atoms. The van der Waals surface area contributed by atoms with E-state index in [-0.39, 0.29) is 34.9 Å². The first kappa shape index (κ1) is 28.2. The molecule has 1 saturated carbocycles. The van der Waals surface area contributed by atoms with Crippen molar-refractivity contribution in [2.75, 3.05) is 26.7 Å². The fourth-order valence-corrected chi connectivity index (χ4v) is 7.61. The Balaban J connectivity index is 1.19. The molecular weight excluding hydrogens is 528 g/mol. The average molecular weight is 569 g/mol. The lowest BCUT2D eigenvalue weighted by molar-refractivity contribution is -0.147. The molecule has 2 amide bonds. The van der Waals surface area contributed by atoms with Gasteiger partial charge < -0.3 is 14.5 Å². The third kappa shape index (κ3) is 5.59. The molecule has 0 unspecified atom stereocenters. The maximum absolute atomic E-state index is 14.2. The zero-order chi connectivity index (χ0) is 29.1. The number of carbonyl (C=O) groups excluding carboxylic acids is 2. The predicted octanol–water partition coefficient (Wildman–Crippen LogP) is 5.54. The molecule has 8 nitrogen and oxygen atoms in total. The van der Waals surface area contributed by atoms with Gasteiger partial charge in [-0.1, -0.05) is 73.5 Å². The van der Waals surface area contributed by atoms with Crippen molar-refractivity contribution in [3.05, 3.63) is 89.0 Å². The largest absolute Gasteiger partial charge is 0.469 e. The Morgan fingerprint density at radius 1 is 0.976 bits per heavy atom. The van der Waals surface area contributed by atoms with Gasteiger partial charge >= 0.3 is 12.0 Å². The number of nitrogens with zero attached hydrogens (tertiary/aromatic N) is 4. The van der Waals surface area contributed by atoms with Crippen molar-refractivity contribution in [2.45, 2.75) is 57.5 Å². The number of carbonyl (C=O) groups is 2. The SMILES string of the molecule is COC(=O)[C@@H]1CCN(C(=O)N2CC[C@@H](Cn3cnc(-c4ccccc4)cc3=O)C3(CCCC3)C2)[C@H](c2ccccc2)C1. The van der Waals surface area contributed by atoms with E-state index in [0.29, 0.717) is 50.6 Å². The number of methoxy groups -OCH3 is 1. The molecule has 2 aliphatic heterocycles. The monoisotopic (exact) mass is 568 g/mol. The van der Waals surface area contributed by atoms with E-state index in [0.717, 1.165) is 43.2 Å². The van der Waals surface area contributed by atoms with E-state index in [9.17, 15) is 14.4 Å². The highest BCUT2D eigenvalue weighted by Crippen LogP contribution is 2.49. The molecule has 6 rings (SSSR count). The summed E-state index contributed by atoms with van der Waals surface area (Å²) >= 11 is 0. The number of likely N-dealkylation sites (tertiary alicyclic amines) is 2. The predicted molar refractivity (Wildman–Crippen MR) is 161 cm³/mol. The van der Waals surface area contributed by atoms with Crippen LogP contribution in [0.3, 0.4) is 0 Å². The summed E-state index contributed by atoms with van der Waals surface area (Å²) in [4.78, 5) is 48.4. The van der Waals surface area contributed by atoms with E-state index in [1.54, 1.807) is 17.0 Å². The molecule has 220 valence electrons. The standard InChI is InChI=1S/C34H40N4O4/c1-42-32(40)27-14-19-38(30(20-27)26-12-6-3-7-13-26)33(41)36-18-15-28(34(23-36)16-8-9-17-34)22-37-24-35-29(21-31(37)39)25-10-4-2-5-11-25/h2-7,10-13,21,24,27-28,30H,8-9,14-20,22-23H2,1H3/t27-,28+,30+/m1/s1. The number of aromatic nitrogens is 2. The van der Waals surface area contributed by atoms with Gasteiger partial charge in [0.05, 0.1) is 31.1 Å². The molecule has 2 aromatic carbocycles. The first-order chi connectivity index (χ1) is 20.5. The van der Waals surface area contributed by atoms with Gasteiger partial charge in [-0.3, -0.25) is 14.2 Å². The minimum absolute atomic E-state index is 0.00195. The van der Waals surface area contributed by atoms with Crippen molar-refractivity contribution in [3.8, 4) is 11.3 Å². The second-order valence-electron chi connectivity index (χ2n) is 12.3. The van der Waals surface area contributed by atoms with Crippen LogP contribution in [-0.2, 0) is 16.1 Å². The van der Waals surface area contributed by atoms with Crippen LogP contribution in [0.5, 0.6) is 0 Å². The van der Waals surface area contributed by atoms with Crippen LogP contribution >= 0.6 is 0 Å². The lowest BCUT2D eigenvalue weighted by Gasteiger charge is -2.49. The summed E-state index contributed by atoms with van der Waals surface area (Å²) < 4.78 is 6.83. The average Bonchev–Trinajstić information content (AvgIpc) is 3.51. The Labute approximate surface area is 247 Å². The zero-order valence-corrected chi connectivity index (χ0v) is 24.4. The lowest BCUT2D eigenvalue weighted by Crippen LogP contribution is -2.56. The molecule has 3 atom stereocenters. The second-order valence-corrected chi connectivity index (χ2v) is 12.3. The third-order valence-corrected chi connectivity index (χ3v) is 9.92. The van der Waals surface area contributed by atoms with Crippen LogP contribution in [0.25, 0.3) is 11.3 Å². The minimum atomic E-state index is -0.212. The Hall–Kier alpha value is -3.94. The number of esters is 1. The Bertz CT molecular complexity index is 1450. The first-order valence-corrected chi connectivity index (χ1v) is 15.3. The van der Waals surface area contributed by atoms with Crippen LogP contribution < -0.4 is 5.56 Å². The van der Waals surface area contributed by atoms with Gasteiger partial charge in [0.2, 0.25) is 0 Å². The number of piperidine rings is 2. The smallest absolute Gasteiger partial charge is 0.320 e. The lowest BCUT2D eigenvalue weighted by atomic mass is 9.69. The number of hydrogen-bond acceptors (Lipinski definition) is 5. The van der Waals surface area contributed by atoms with E-state index in [1.165, 1.54) is 7.11 Å². The van der Waals surface area contributed by atoms with Crippen LogP contribution in [0.4, 0.5) is 4.79 Å². The first-order valence-electron chi connectivity index (χ1n) is 15.3. The summed E-state index contributed by atoms with van der Waals surface area (Å²) in [7, 11) is 1.43. The summed E-state index contributed by atoms with van der Waals surface area (Å²) in [6, 6.07) is 21.4. The third-order valence-electron chi connectivity index (χ3n) is 9.92. The Morgan fingerprint density at radius 3 is 2.38 bits per heavy atom. The fraction of sp³-hybridized carbons (Fsp3) is 0.471. The number of hydrogen-bond donors (Lipinski definition) is 0. The number of rotatable bonds is 5. The Morgan fingerprint density at radius 2 is 1.69 bits per heavy atom. The summed E-state index contributed by atoms with van der Waals surface area (Å²) in [5.74, 6) is -0.104. The van der Waals surface area contributed by atoms with Crippen molar-refractivity contribution in [3.63, 3.8) is 0 Å². The van der Waals surface area contributed by atoms with Gasteiger partial charge in [-0.05, 0) is 49.0 Å². The van der Waals surface area contributed by atoms with Crippen molar-refractivity contribution in [1.82, 2.24) is 19.4 Å². The van der Waals surface area contributed by atoms with Crippen molar-refractivity contribution >= 4 is 12.0 Å². The molecule has 2 saturated heterocycles.